The van der Waals surface area contributed by atoms with Crippen molar-refractivity contribution in [3.05, 3.63) is 23.9 Å². The minimum absolute atomic E-state index is 0.320. The second-order valence-electron chi connectivity index (χ2n) is 5.43. The Kier molecular flexibility index (Phi) is 4.26. The van der Waals surface area contributed by atoms with E-state index in [-0.39, 0.29) is 0 Å². The molecule has 0 radical (unpaired) electrons. The van der Waals surface area contributed by atoms with Crippen LogP contribution in [-0.2, 0) is 6.54 Å². The molecule has 0 spiro atoms. The van der Waals surface area contributed by atoms with E-state index >= 15 is 0 Å². The lowest BCUT2D eigenvalue weighted by Crippen LogP contribution is -2.28. The number of hydrogen-bond acceptors (Lipinski definition) is 4. The monoisotopic (exact) mass is 222 g/mol. The van der Waals surface area contributed by atoms with Gasteiger partial charge in [0.1, 0.15) is 5.82 Å². The largest absolute Gasteiger partial charge is 0.308 e. The number of nitrogens with one attached hydrogen (secondary N) is 1. The van der Waals surface area contributed by atoms with Crippen LogP contribution in [-0.4, -0.2) is 23.5 Å². The highest BCUT2D eigenvalue weighted by Crippen LogP contribution is 2.15. The Morgan fingerprint density at radius 2 is 2.06 bits per heavy atom. The van der Waals surface area contributed by atoms with Crippen molar-refractivity contribution < 1.29 is 0 Å². The number of anilines is 1. The van der Waals surface area contributed by atoms with Gasteiger partial charge >= 0.3 is 0 Å². The van der Waals surface area contributed by atoms with Crippen molar-refractivity contribution in [3.8, 4) is 0 Å². The summed E-state index contributed by atoms with van der Waals surface area (Å²) in [4.78, 5) is 6.48. The molecule has 0 atom stereocenters. The Balaban J connectivity index is 2.53. The van der Waals surface area contributed by atoms with Crippen molar-refractivity contribution >= 4 is 5.82 Å². The molecule has 4 nitrogen and oxygen atoms in total. The van der Waals surface area contributed by atoms with Gasteiger partial charge in [-0.15, -0.1) is 0 Å². The third kappa shape index (κ3) is 4.59. The Bertz CT molecular complexity index is 313. The number of hydrogen-bond donors (Lipinski definition) is 2. The van der Waals surface area contributed by atoms with Crippen LogP contribution in [0.4, 0.5) is 5.82 Å². The van der Waals surface area contributed by atoms with Gasteiger partial charge in [-0.05, 0) is 24.1 Å². The quantitative estimate of drug-likeness (QED) is 0.603. The Morgan fingerprint density at radius 3 is 2.50 bits per heavy atom. The lowest BCUT2D eigenvalue weighted by molar-refractivity contribution is 0.220. The number of aromatic nitrogens is 1. The van der Waals surface area contributed by atoms with Gasteiger partial charge < -0.3 is 10.3 Å². The van der Waals surface area contributed by atoms with Crippen molar-refractivity contribution in [3.63, 3.8) is 0 Å². The summed E-state index contributed by atoms with van der Waals surface area (Å²) in [5.41, 5.74) is 4.04. The van der Waals surface area contributed by atoms with E-state index in [0.29, 0.717) is 11.2 Å². The van der Waals surface area contributed by atoms with Crippen molar-refractivity contribution in [2.24, 2.45) is 11.3 Å². The molecule has 0 aromatic carbocycles. The van der Waals surface area contributed by atoms with Gasteiger partial charge in [-0.3, -0.25) is 0 Å². The molecule has 1 aromatic heterocycles. The van der Waals surface area contributed by atoms with Crippen molar-refractivity contribution in [1.82, 2.24) is 9.88 Å². The molecule has 1 heterocycles. The minimum atomic E-state index is 0.320. The summed E-state index contributed by atoms with van der Waals surface area (Å²) in [7, 11) is 2.13. The molecule has 3 N–H and O–H groups in total. The molecule has 0 amide bonds. The second kappa shape index (κ2) is 5.27. The summed E-state index contributed by atoms with van der Waals surface area (Å²) >= 11 is 0. The zero-order valence-electron chi connectivity index (χ0n) is 10.6. The average molecular weight is 222 g/mol. The van der Waals surface area contributed by atoms with Crippen molar-refractivity contribution in [2.45, 2.75) is 27.3 Å². The fourth-order valence-corrected chi connectivity index (χ4v) is 1.78. The standard InChI is InChI=1S/C12H22N4/c1-12(2,3)9-16(4)8-10-5-6-11(15-13)14-7-10/h5-7H,8-9,13H2,1-4H3,(H,14,15). The fraction of sp³-hybridized carbons (Fsp3) is 0.583. The molecule has 1 rings (SSSR count). The third-order valence-electron chi connectivity index (χ3n) is 2.17. The molecule has 0 aliphatic carbocycles. The lowest BCUT2D eigenvalue weighted by Gasteiger charge is -2.26. The van der Waals surface area contributed by atoms with Gasteiger partial charge in [0.15, 0.2) is 0 Å². The molecule has 4 heteroatoms. The van der Waals surface area contributed by atoms with Crippen LogP contribution >= 0.6 is 0 Å². The van der Waals surface area contributed by atoms with Crippen LogP contribution in [0.15, 0.2) is 18.3 Å². The Morgan fingerprint density at radius 1 is 1.38 bits per heavy atom. The summed E-state index contributed by atoms with van der Waals surface area (Å²) in [6, 6.07) is 3.93. The molecular weight excluding hydrogens is 200 g/mol. The first-order valence-corrected chi connectivity index (χ1v) is 5.51. The zero-order valence-corrected chi connectivity index (χ0v) is 10.6. The number of hydrazine groups is 1. The molecule has 0 aliphatic rings. The first-order chi connectivity index (χ1) is 7.40. The normalized spacial score (nSPS) is 11.9. The highest BCUT2D eigenvalue weighted by atomic mass is 15.2. The maximum absolute atomic E-state index is 5.26. The van der Waals surface area contributed by atoms with E-state index in [4.69, 9.17) is 5.84 Å². The summed E-state index contributed by atoms with van der Waals surface area (Å²) < 4.78 is 0. The molecule has 1 aromatic rings. The third-order valence-corrected chi connectivity index (χ3v) is 2.17. The highest BCUT2D eigenvalue weighted by molar-refractivity contribution is 5.33. The summed E-state index contributed by atoms with van der Waals surface area (Å²) in [6.07, 6.45) is 1.86. The highest BCUT2D eigenvalue weighted by Gasteiger charge is 2.13. The maximum Gasteiger partial charge on any atom is 0.139 e. The Hall–Kier alpha value is -1.13. The smallest absolute Gasteiger partial charge is 0.139 e. The van der Waals surface area contributed by atoms with Gasteiger partial charge in [-0.1, -0.05) is 26.8 Å². The van der Waals surface area contributed by atoms with Crippen LogP contribution in [0.25, 0.3) is 0 Å². The molecule has 16 heavy (non-hydrogen) atoms. The van der Waals surface area contributed by atoms with Gasteiger partial charge in [0.05, 0.1) is 0 Å². The predicted octanol–water partition coefficient (Wildman–Crippen LogP) is 1.85. The fourth-order valence-electron chi connectivity index (χ4n) is 1.78. The topological polar surface area (TPSA) is 54.2 Å². The van der Waals surface area contributed by atoms with Gasteiger partial charge in [0, 0.05) is 19.3 Å². The minimum Gasteiger partial charge on any atom is -0.308 e. The molecule has 0 fully saturated rings. The van der Waals surface area contributed by atoms with Gasteiger partial charge in [0.2, 0.25) is 0 Å². The van der Waals surface area contributed by atoms with E-state index in [9.17, 15) is 0 Å². The number of nitrogen functional groups attached to an aromatic ring is 1. The van der Waals surface area contributed by atoms with Crippen LogP contribution in [0.1, 0.15) is 26.3 Å². The summed E-state index contributed by atoms with van der Waals surface area (Å²) in [6.45, 7) is 8.69. The van der Waals surface area contributed by atoms with E-state index in [1.807, 2.05) is 18.3 Å². The molecule has 0 saturated carbocycles. The van der Waals surface area contributed by atoms with Gasteiger partial charge in [-0.2, -0.15) is 0 Å². The average Bonchev–Trinajstić information content (AvgIpc) is 2.16. The van der Waals surface area contributed by atoms with E-state index in [1.165, 1.54) is 5.56 Å². The lowest BCUT2D eigenvalue weighted by atomic mass is 9.96. The number of nitrogens with two attached hydrogens (primary N) is 1. The van der Waals surface area contributed by atoms with Crippen LogP contribution < -0.4 is 11.3 Å². The van der Waals surface area contributed by atoms with E-state index in [1.54, 1.807) is 0 Å². The molecule has 0 bridgehead atoms. The van der Waals surface area contributed by atoms with Crippen molar-refractivity contribution in [2.75, 3.05) is 19.0 Å². The van der Waals surface area contributed by atoms with Crippen LogP contribution in [0.2, 0.25) is 0 Å². The first kappa shape index (κ1) is 12.9. The molecule has 90 valence electrons. The van der Waals surface area contributed by atoms with E-state index in [0.717, 1.165) is 13.1 Å². The zero-order chi connectivity index (χ0) is 12.2. The van der Waals surface area contributed by atoms with E-state index < -0.39 is 0 Å². The van der Waals surface area contributed by atoms with Crippen LogP contribution in [0, 0.1) is 5.41 Å². The van der Waals surface area contributed by atoms with Crippen LogP contribution in [0.5, 0.6) is 0 Å². The SMILES string of the molecule is CN(Cc1ccc(NN)nc1)CC(C)(C)C. The maximum atomic E-state index is 5.26. The number of rotatable bonds is 4. The molecule has 0 unspecified atom stereocenters. The number of nitrogens with zero attached hydrogens (tertiary/aromatic N) is 2. The summed E-state index contributed by atoms with van der Waals surface area (Å²) in [5, 5.41) is 0. The molecular formula is C12H22N4. The second-order valence-corrected chi connectivity index (χ2v) is 5.43. The van der Waals surface area contributed by atoms with Gasteiger partial charge in [-0.25, -0.2) is 10.8 Å². The number of pyridine rings is 1. The molecule has 0 aliphatic heterocycles. The predicted molar refractivity (Wildman–Crippen MR) is 67.8 cm³/mol. The van der Waals surface area contributed by atoms with Crippen LogP contribution in [0.3, 0.4) is 0 Å². The van der Waals surface area contributed by atoms with E-state index in [2.05, 4.69) is 43.1 Å². The Labute approximate surface area is 97.8 Å². The first-order valence-electron chi connectivity index (χ1n) is 5.51. The van der Waals surface area contributed by atoms with Gasteiger partial charge in [0.25, 0.3) is 0 Å². The summed E-state index contributed by atoms with van der Waals surface area (Å²) in [5.74, 6) is 5.96. The van der Waals surface area contributed by atoms with Crippen molar-refractivity contribution in [1.29, 1.82) is 0 Å². The molecule has 0 saturated heterocycles.